The van der Waals surface area contributed by atoms with Gasteiger partial charge < -0.3 is 77.8 Å². The largest absolute Gasteiger partial charge is 0.467 e. The van der Waals surface area contributed by atoms with Crippen molar-refractivity contribution in [2.24, 2.45) is 23.1 Å². The van der Waals surface area contributed by atoms with Crippen LogP contribution in [0.1, 0.15) is 39.0 Å². The van der Waals surface area contributed by atoms with Crippen LogP contribution in [0, 0.1) is 5.92 Å². The summed E-state index contributed by atoms with van der Waals surface area (Å²) in [6.07, 6.45) is -2.41. The molecule has 4 fully saturated rings. The summed E-state index contributed by atoms with van der Waals surface area (Å²) in [5, 5.41) is 56.4. The van der Waals surface area contributed by atoms with Gasteiger partial charge in [0.15, 0.2) is 11.9 Å². The Kier molecular flexibility index (Phi) is 11.1. The minimum Gasteiger partial charge on any atom is -0.467 e. The number of β-amino-alcohol motifs (C(OH)–C–C–N with tert-alkyl or cyclic N) is 1. The van der Waals surface area contributed by atoms with Crippen LogP contribution in [0.15, 0.2) is 11.8 Å². The third kappa shape index (κ3) is 7.80. The molecule has 3 heterocycles. The molecular formula is C29H53N7O9. The minimum atomic E-state index is -1.63. The zero-order valence-corrected chi connectivity index (χ0v) is 26.1. The summed E-state index contributed by atoms with van der Waals surface area (Å²) in [4.78, 5) is 13.2. The van der Waals surface area contributed by atoms with E-state index in [-0.39, 0.29) is 32.0 Å². The molecule has 16 nitrogen and oxygen atoms in total. The lowest BCUT2D eigenvalue weighted by molar-refractivity contribution is -0.304. The zero-order valence-electron chi connectivity index (χ0n) is 26.1. The van der Waals surface area contributed by atoms with E-state index < -0.39 is 78.3 Å². The van der Waals surface area contributed by atoms with Gasteiger partial charge in [-0.1, -0.05) is 0 Å². The van der Waals surface area contributed by atoms with Crippen molar-refractivity contribution >= 4 is 5.91 Å². The van der Waals surface area contributed by atoms with Crippen LogP contribution in [-0.4, -0.2) is 145 Å². The van der Waals surface area contributed by atoms with Gasteiger partial charge in [-0.2, -0.15) is 0 Å². The molecule has 2 saturated carbocycles. The van der Waals surface area contributed by atoms with Gasteiger partial charge in [0.05, 0.1) is 31.3 Å². The van der Waals surface area contributed by atoms with Crippen molar-refractivity contribution in [2.75, 3.05) is 39.8 Å². The number of amides is 1. The molecular weight excluding hydrogens is 590 g/mol. The molecule has 258 valence electrons. The van der Waals surface area contributed by atoms with E-state index >= 15 is 0 Å². The highest BCUT2D eigenvalue weighted by Crippen LogP contribution is 2.32. The van der Waals surface area contributed by atoms with Crippen LogP contribution in [0.2, 0.25) is 0 Å². The Bertz CT molecular complexity index is 1040. The molecule has 1 amide bonds. The molecule has 3 aliphatic heterocycles. The van der Waals surface area contributed by atoms with Crippen LogP contribution < -0.4 is 38.5 Å². The highest BCUT2D eigenvalue weighted by atomic mass is 16.7. The van der Waals surface area contributed by atoms with Gasteiger partial charge in [-0.05, 0) is 71.2 Å². The fourth-order valence-corrected chi connectivity index (χ4v) is 7.05. The molecule has 0 aromatic heterocycles. The maximum Gasteiger partial charge on any atom is 0.253 e. The molecule has 1 unspecified atom stereocenters. The van der Waals surface area contributed by atoms with E-state index in [2.05, 4.69) is 21.3 Å². The lowest BCUT2D eigenvalue weighted by Crippen LogP contribution is -2.70. The van der Waals surface area contributed by atoms with Crippen LogP contribution in [0.3, 0.4) is 0 Å². The summed E-state index contributed by atoms with van der Waals surface area (Å²) in [7, 11) is 1.59. The Hall–Kier alpha value is -1.51. The third-order valence-corrected chi connectivity index (χ3v) is 9.85. The second-order valence-corrected chi connectivity index (χ2v) is 13.7. The first-order valence-corrected chi connectivity index (χ1v) is 16.1. The Morgan fingerprint density at radius 2 is 1.82 bits per heavy atom. The number of rotatable bonds is 11. The van der Waals surface area contributed by atoms with Crippen molar-refractivity contribution in [3.63, 3.8) is 0 Å². The fraction of sp³-hybridized carbons (Fsp3) is 0.897. The SMILES string of the molecule is CN[C@@H]1[C@@H](O)[C@@H](O[C@@H]2[C@@H](O)[C@H](O[C@H]3OC(CNCC4CC(N)C4)=CC[C@H]3N)[C@@H](N)C[C@H]2NC(=O)C2(O)CCNC2)OC[C@]1(C)O. The molecule has 5 rings (SSSR count). The number of carbonyl (C=O) groups excluding carboxylic acids is 1. The van der Waals surface area contributed by atoms with E-state index in [4.69, 9.17) is 36.1 Å². The maximum atomic E-state index is 13.2. The molecule has 0 aromatic carbocycles. The van der Waals surface area contributed by atoms with Crippen molar-refractivity contribution in [1.82, 2.24) is 21.3 Å². The second-order valence-electron chi connectivity index (χ2n) is 13.7. The number of nitrogens with one attached hydrogen (secondary N) is 4. The van der Waals surface area contributed by atoms with Gasteiger partial charge in [0, 0.05) is 18.6 Å². The van der Waals surface area contributed by atoms with E-state index in [1.54, 1.807) is 7.05 Å². The van der Waals surface area contributed by atoms with Crippen molar-refractivity contribution in [2.45, 2.75) is 117 Å². The Morgan fingerprint density at radius 3 is 2.49 bits per heavy atom. The molecule has 2 saturated heterocycles. The number of aliphatic hydroxyl groups excluding tert-OH is 2. The van der Waals surface area contributed by atoms with Gasteiger partial charge in [-0.3, -0.25) is 4.79 Å². The Labute approximate surface area is 263 Å². The molecule has 0 spiro atoms. The quantitative estimate of drug-likeness (QED) is 0.101. The van der Waals surface area contributed by atoms with E-state index in [9.17, 15) is 25.2 Å². The molecule has 2 aliphatic carbocycles. The van der Waals surface area contributed by atoms with Crippen molar-refractivity contribution in [3.05, 3.63) is 11.8 Å². The molecule has 12 atom stereocenters. The van der Waals surface area contributed by atoms with Gasteiger partial charge in [0.1, 0.15) is 35.8 Å². The zero-order chi connectivity index (χ0) is 32.5. The first-order chi connectivity index (χ1) is 21.3. The Balaban J connectivity index is 1.27. The Morgan fingerprint density at radius 1 is 1.09 bits per heavy atom. The van der Waals surface area contributed by atoms with Crippen molar-refractivity contribution in [1.29, 1.82) is 0 Å². The van der Waals surface area contributed by atoms with Crippen LogP contribution in [-0.2, 0) is 23.7 Å². The summed E-state index contributed by atoms with van der Waals surface area (Å²) in [5.41, 5.74) is 15.8. The normalized spacial score (nSPS) is 47.0. The number of aliphatic hydroxyl groups is 4. The lowest BCUT2D eigenvalue weighted by atomic mass is 9.81. The highest BCUT2D eigenvalue weighted by Gasteiger charge is 2.52. The van der Waals surface area contributed by atoms with E-state index in [0.29, 0.717) is 31.2 Å². The number of nitrogens with two attached hydrogens (primary N) is 3. The first kappa shape index (κ1) is 34.8. The van der Waals surface area contributed by atoms with E-state index in [0.717, 1.165) is 19.4 Å². The van der Waals surface area contributed by atoms with E-state index in [1.165, 1.54) is 6.92 Å². The summed E-state index contributed by atoms with van der Waals surface area (Å²) in [6.45, 7) is 3.24. The van der Waals surface area contributed by atoms with Gasteiger partial charge in [0.2, 0.25) is 6.29 Å². The molecule has 14 N–H and O–H groups in total. The van der Waals surface area contributed by atoms with Gasteiger partial charge >= 0.3 is 0 Å². The second kappa shape index (κ2) is 14.3. The van der Waals surface area contributed by atoms with Crippen LogP contribution in [0.5, 0.6) is 0 Å². The molecule has 0 radical (unpaired) electrons. The number of likely N-dealkylation sites (N-methyl/N-ethyl adjacent to an activating group) is 1. The third-order valence-electron chi connectivity index (χ3n) is 9.85. The minimum absolute atomic E-state index is 0.0800. The summed E-state index contributed by atoms with van der Waals surface area (Å²) in [6, 6.07) is -2.71. The maximum absolute atomic E-state index is 13.2. The lowest BCUT2D eigenvalue weighted by Gasteiger charge is -2.49. The monoisotopic (exact) mass is 643 g/mol. The number of hydrogen-bond donors (Lipinski definition) is 11. The average molecular weight is 644 g/mol. The van der Waals surface area contributed by atoms with Gasteiger partial charge in [-0.25, -0.2) is 0 Å². The standard InChI is InChI=1S/C29H53N7O9/c1-28(40)13-42-26(21(38)24(28)33-2)45-23-19(36-27(39)29(41)5-6-34-12-29)9-18(32)22(20(23)37)44-25-17(31)4-3-16(43-25)11-35-10-14-7-15(30)8-14/h3,14-15,17-26,33-35,37-38,40-41H,4-13,30-32H2,1-2H3,(H,36,39)/t14?,15?,17-,18+,19-,20+,21-,22-,23+,24-,25-,26-,28+,29?/m1/s1. The molecule has 16 heteroatoms. The smallest absolute Gasteiger partial charge is 0.253 e. The summed E-state index contributed by atoms with van der Waals surface area (Å²) >= 11 is 0. The average Bonchev–Trinajstić information content (AvgIpc) is 3.42. The van der Waals surface area contributed by atoms with Gasteiger partial charge in [-0.15, -0.1) is 0 Å². The summed E-state index contributed by atoms with van der Waals surface area (Å²) < 4.78 is 24.2. The molecule has 0 bridgehead atoms. The van der Waals surface area contributed by atoms with Crippen molar-refractivity contribution in [3.8, 4) is 0 Å². The number of hydrogen-bond acceptors (Lipinski definition) is 15. The topological polar surface area (TPSA) is 261 Å². The first-order valence-electron chi connectivity index (χ1n) is 16.1. The molecule has 0 aromatic rings. The fourth-order valence-electron chi connectivity index (χ4n) is 7.05. The van der Waals surface area contributed by atoms with Crippen LogP contribution in [0.4, 0.5) is 0 Å². The molecule has 45 heavy (non-hydrogen) atoms. The number of ether oxygens (including phenoxy) is 4. The predicted octanol–water partition coefficient (Wildman–Crippen LogP) is -4.60. The molecule has 5 aliphatic rings. The highest BCUT2D eigenvalue weighted by molar-refractivity contribution is 5.86. The number of carbonyl (C=O) groups is 1. The summed E-state index contributed by atoms with van der Waals surface area (Å²) in [5.74, 6) is 0.588. The van der Waals surface area contributed by atoms with E-state index in [1.807, 2.05) is 6.08 Å². The van der Waals surface area contributed by atoms with Gasteiger partial charge in [0.25, 0.3) is 5.91 Å². The van der Waals surface area contributed by atoms with Crippen LogP contribution in [0.25, 0.3) is 0 Å². The van der Waals surface area contributed by atoms with Crippen LogP contribution >= 0.6 is 0 Å². The predicted molar refractivity (Wildman–Crippen MR) is 161 cm³/mol. The van der Waals surface area contributed by atoms with Crippen molar-refractivity contribution < 1.29 is 44.2 Å².